The summed E-state index contributed by atoms with van der Waals surface area (Å²) in [6, 6.07) is 19.1. The number of hydrogen-bond acceptors (Lipinski definition) is 4. The molecule has 1 atom stereocenters. The van der Waals surface area contributed by atoms with E-state index in [0.717, 1.165) is 0 Å². The molecule has 136 valence electrons. The maximum absolute atomic E-state index is 12.5. The lowest BCUT2D eigenvalue weighted by Gasteiger charge is -2.17. The van der Waals surface area contributed by atoms with Gasteiger partial charge in [0, 0.05) is 34.0 Å². The van der Waals surface area contributed by atoms with Crippen molar-refractivity contribution >= 4 is 28.9 Å². The summed E-state index contributed by atoms with van der Waals surface area (Å²) in [7, 11) is 0. The number of aliphatic hydroxyl groups excluding tert-OH is 1. The number of benzene rings is 3. The van der Waals surface area contributed by atoms with E-state index in [9.17, 15) is 20.0 Å². The Balaban J connectivity index is 1.92. The number of nitrogens with one attached hydrogen (secondary N) is 1. The number of nitro groups is 1. The van der Waals surface area contributed by atoms with Crippen LogP contribution in [0.3, 0.4) is 0 Å². The summed E-state index contributed by atoms with van der Waals surface area (Å²) in [5.41, 5.74) is 1.40. The van der Waals surface area contributed by atoms with E-state index in [2.05, 4.69) is 5.32 Å². The molecule has 3 aromatic rings. The standard InChI is InChI=1S/C20H15ClN2O4/c21-15-9-10-18(17(12-15)19(24)13-5-2-1-3-6-13)22-20(25)14-7-4-8-16(11-14)23(26)27/h1-12,19,24H,(H,22,25)/t19-/m0/s1. The van der Waals surface area contributed by atoms with Crippen LogP contribution < -0.4 is 5.32 Å². The number of aliphatic hydroxyl groups is 1. The van der Waals surface area contributed by atoms with Crippen molar-refractivity contribution in [2.75, 3.05) is 5.32 Å². The first-order chi connectivity index (χ1) is 13.0. The van der Waals surface area contributed by atoms with Crippen LogP contribution in [0.5, 0.6) is 0 Å². The molecule has 0 aliphatic heterocycles. The zero-order valence-electron chi connectivity index (χ0n) is 14.0. The summed E-state index contributed by atoms with van der Waals surface area (Å²) >= 11 is 6.06. The van der Waals surface area contributed by atoms with Crippen LogP contribution in [0.1, 0.15) is 27.6 Å². The van der Waals surface area contributed by atoms with E-state index in [1.54, 1.807) is 42.5 Å². The summed E-state index contributed by atoms with van der Waals surface area (Å²) in [6.07, 6.45) is -0.995. The predicted octanol–water partition coefficient (Wildman–Crippen LogP) is 4.58. The minimum absolute atomic E-state index is 0.138. The molecule has 6 nitrogen and oxygen atoms in total. The summed E-state index contributed by atoms with van der Waals surface area (Å²) in [4.78, 5) is 22.9. The summed E-state index contributed by atoms with van der Waals surface area (Å²) < 4.78 is 0. The minimum atomic E-state index is -0.995. The van der Waals surface area contributed by atoms with Crippen LogP contribution >= 0.6 is 11.6 Å². The number of anilines is 1. The van der Waals surface area contributed by atoms with Gasteiger partial charge in [-0.15, -0.1) is 0 Å². The highest BCUT2D eigenvalue weighted by molar-refractivity contribution is 6.30. The molecule has 0 unspecified atom stereocenters. The van der Waals surface area contributed by atoms with Crippen molar-refractivity contribution in [3.63, 3.8) is 0 Å². The van der Waals surface area contributed by atoms with Gasteiger partial charge in [-0.2, -0.15) is 0 Å². The zero-order valence-corrected chi connectivity index (χ0v) is 14.8. The first kappa shape index (κ1) is 18.6. The maximum Gasteiger partial charge on any atom is 0.270 e. The smallest absolute Gasteiger partial charge is 0.270 e. The van der Waals surface area contributed by atoms with E-state index >= 15 is 0 Å². The zero-order chi connectivity index (χ0) is 19.4. The third-order valence-corrected chi connectivity index (χ3v) is 4.23. The molecule has 27 heavy (non-hydrogen) atoms. The number of amides is 1. The average Bonchev–Trinajstić information content (AvgIpc) is 2.69. The molecule has 3 aromatic carbocycles. The van der Waals surface area contributed by atoms with Gasteiger partial charge in [-0.25, -0.2) is 0 Å². The van der Waals surface area contributed by atoms with Gasteiger partial charge in [0.1, 0.15) is 6.10 Å². The van der Waals surface area contributed by atoms with Crippen molar-refractivity contribution in [2.24, 2.45) is 0 Å². The van der Waals surface area contributed by atoms with E-state index in [0.29, 0.717) is 21.8 Å². The van der Waals surface area contributed by atoms with E-state index in [4.69, 9.17) is 11.6 Å². The van der Waals surface area contributed by atoms with Crippen LogP contribution in [0.2, 0.25) is 5.02 Å². The monoisotopic (exact) mass is 382 g/mol. The number of nitro benzene ring substituents is 1. The SMILES string of the molecule is O=C(Nc1ccc(Cl)cc1[C@@H](O)c1ccccc1)c1cccc([N+](=O)[O-])c1. The van der Waals surface area contributed by atoms with Crippen molar-refractivity contribution in [2.45, 2.75) is 6.10 Å². The molecule has 0 bridgehead atoms. The van der Waals surface area contributed by atoms with Gasteiger partial charge in [0.25, 0.3) is 11.6 Å². The van der Waals surface area contributed by atoms with Crippen LogP contribution in [0.25, 0.3) is 0 Å². The largest absolute Gasteiger partial charge is 0.384 e. The molecular weight excluding hydrogens is 368 g/mol. The van der Waals surface area contributed by atoms with Gasteiger partial charge < -0.3 is 10.4 Å². The highest BCUT2D eigenvalue weighted by Gasteiger charge is 2.18. The van der Waals surface area contributed by atoms with Crippen molar-refractivity contribution in [1.82, 2.24) is 0 Å². The van der Waals surface area contributed by atoms with Crippen molar-refractivity contribution in [3.8, 4) is 0 Å². The van der Waals surface area contributed by atoms with Gasteiger partial charge in [0.2, 0.25) is 0 Å². The second kappa shape index (κ2) is 7.99. The molecule has 7 heteroatoms. The van der Waals surface area contributed by atoms with Crippen LogP contribution in [-0.4, -0.2) is 15.9 Å². The number of non-ortho nitro benzene ring substituents is 1. The highest BCUT2D eigenvalue weighted by Crippen LogP contribution is 2.31. The molecule has 1 amide bonds. The topological polar surface area (TPSA) is 92.5 Å². The fourth-order valence-electron chi connectivity index (χ4n) is 2.64. The second-order valence-corrected chi connectivity index (χ2v) is 6.24. The Labute approximate surface area is 160 Å². The third kappa shape index (κ3) is 4.31. The Morgan fingerprint density at radius 1 is 1.04 bits per heavy atom. The molecule has 0 aliphatic carbocycles. The first-order valence-corrected chi connectivity index (χ1v) is 8.42. The molecule has 0 radical (unpaired) electrons. The molecule has 0 saturated carbocycles. The van der Waals surface area contributed by atoms with Crippen LogP contribution in [0.4, 0.5) is 11.4 Å². The number of nitrogens with zero attached hydrogens (tertiary/aromatic N) is 1. The van der Waals surface area contributed by atoms with Crippen molar-refractivity contribution in [3.05, 3.63) is 105 Å². The summed E-state index contributed by atoms with van der Waals surface area (Å²) in [5, 5.41) is 24.7. The fourth-order valence-corrected chi connectivity index (χ4v) is 2.82. The summed E-state index contributed by atoms with van der Waals surface area (Å²) in [5.74, 6) is -0.525. The number of carbonyl (C=O) groups excluding carboxylic acids is 1. The molecular formula is C20H15ClN2O4. The molecule has 0 fully saturated rings. The third-order valence-electron chi connectivity index (χ3n) is 3.99. The van der Waals surface area contributed by atoms with E-state index in [-0.39, 0.29) is 11.3 Å². The molecule has 0 heterocycles. The van der Waals surface area contributed by atoms with Crippen LogP contribution in [0, 0.1) is 10.1 Å². The van der Waals surface area contributed by atoms with Gasteiger partial charge in [0.05, 0.1) is 4.92 Å². The number of rotatable bonds is 5. The summed E-state index contributed by atoms with van der Waals surface area (Å²) in [6.45, 7) is 0. The van der Waals surface area contributed by atoms with E-state index in [1.165, 1.54) is 24.3 Å². The lowest BCUT2D eigenvalue weighted by atomic mass is 9.99. The maximum atomic E-state index is 12.5. The van der Waals surface area contributed by atoms with Gasteiger partial charge in [0.15, 0.2) is 0 Å². The van der Waals surface area contributed by atoms with E-state index < -0.39 is 16.9 Å². The van der Waals surface area contributed by atoms with Crippen molar-refractivity contribution in [1.29, 1.82) is 0 Å². The number of halogens is 1. The lowest BCUT2D eigenvalue weighted by molar-refractivity contribution is -0.384. The predicted molar refractivity (Wildman–Crippen MR) is 103 cm³/mol. The Morgan fingerprint density at radius 3 is 2.48 bits per heavy atom. The molecule has 3 rings (SSSR count). The van der Waals surface area contributed by atoms with Gasteiger partial charge in [-0.3, -0.25) is 14.9 Å². The molecule has 0 saturated heterocycles. The number of hydrogen-bond donors (Lipinski definition) is 2. The van der Waals surface area contributed by atoms with Gasteiger partial charge in [-0.05, 0) is 29.8 Å². The minimum Gasteiger partial charge on any atom is -0.384 e. The van der Waals surface area contributed by atoms with Crippen LogP contribution in [-0.2, 0) is 0 Å². The van der Waals surface area contributed by atoms with Gasteiger partial charge >= 0.3 is 0 Å². The quantitative estimate of drug-likeness (QED) is 0.499. The van der Waals surface area contributed by atoms with Crippen molar-refractivity contribution < 1.29 is 14.8 Å². The van der Waals surface area contributed by atoms with Crippen LogP contribution in [0.15, 0.2) is 72.8 Å². The average molecular weight is 383 g/mol. The molecule has 2 N–H and O–H groups in total. The molecule has 0 aliphatic rings. The highest BCUT2D eigenvalue weighted by atomic mass is 35.5. The molecule has 0 spiro atoms. The first-order valence-electron chi connectivity index (χ1n) is 8.04. The second-order valence-electron chi connectivity index (χ2n) is 5.81. The number of carbonyl (C=O) groups is 1. The fraction of sp³-hybridized carbons (Fsp3) is 0.0500. The van der Waals surface area contributed by atoms with E-state index in [1.807, 2.05) is 6.07 Å². The Morgan fingerprint density at radius 2 is 1.78 bits per heavy atom. The lowest BCUT2D eigenvalue weighted by Crippen LogP contribution is -2.15. The Bertz CT molecular complexity index is 992. The Hall–Kier alpha value is -3.22. The molecule has 0 aromatic heterocycles. The Kier molecular flexibility index (Phi) is 5.49. The van der Waals surface area contributed by atoms with Gasteiger partial charge in [-0.1, -0.05) is 48.0 Å². The normalized spacial score (nSPS) is 11.6.